The molecular formula is C27H28FN5O2S2. The Bertz CT molecular complexity index is 1460. The molecular weight excluding hydrogens is 509 g/mol. The fourth-order valence-electron chi connectivity index (χ4n) is 4.67. The first kappa shape index (κ1) is 25.4. The highest BCUT2D eigenvalue weighted by molar-refractivity contribution is 8.26. The van der Waals surface area contributed by atoms with Crippen LogP contribution in [-0.4, -0.2) is 56.7 Å². The number of hydrogen-bond acceptors (Lipinski definition) is 7. The molecule has 2 aromatic heterocycles. The number of carbonyl (C=O) groups excluding carboxylic acids is 1. The molecule has 2 aliphatic rings. The molecule has 2 fully saturated rings. The van der Waals surface area contributed by atoms with Crippen LogP contribution in [0.5, 0.6) is 0 Å². The highest BCUT2D eigenvalue weighted by Gasteiger charge is 2.35. The van der Waals surface area contributed by atoms with Crippen LogP contribution in [0.4, 0.5) is 15.9 Å². The summed E-state index contributed by atoms with van der Waals surface area (Å²) in [5.74, 6) is 0.124. The number of hydrogen-bond donors (Lipinski definition) is 0. The van der Waals surface area contributed by atoms with Crippen molar-refractivity contribution in [1.29, 1.82) is 0 Å². The normalized spacial score (nSPS) is 18.4. The Kier molecular flexibility index (Phi) is 7.04. The SMILES string of the molecule is CC[C@@H](C)N1C(=O)/C(=C\c2c(N3CCN(c4ccc(F)cc4)CC3)nc3c(C)cccn3c2=O)SC1=S. The van der Waals surface area contributed by atoms with Gasteiger partial charge in [0.1, 0.15) is 21.6 Å². The van der Waals surface area contributed by atoms with Crippen molar-refractivity contribution in [2.75, 3.05) is 36.0 Å². The fraction of sp³-hybridized carbons (Fsp3) is 0.333. The molecule has 2 aliphatic heterocycles. The predicted octanol–water partition coefficient (Wildman–Crippen LogP) is 4.47. The van der Waals surface area contributed by atoms with Crippen LogP contribution in [0.2, 0.25) is 0 Å². The number of amides is 1. The first-order valence-electron chi connectivity index (χ1n) is 12.3. The van der Waals surface area contributed by atoms with E-state index in [4.69, 9.17) is 17.2 Å². The van der Waals surface area contributed by atoms with E-state index in [0.717, 1.165) is 17.7 Å². The first-order chi connectivity index (χ1) is 17.8. The van der Waals surface area contributed by atoms with Gasteiger partial charge in [-0.05, 0) is 62.2 Å². The van der Waals surface area contributed by atoms with Crippen molar-refractivity contribution in [1.82, 2.24) is 14.3 Å². The van der Waals surface area contributed by atoms with Crippen molar-refractivity contribution in [2.24, 2.45) is 0 Å². The van der Waals surface area contributed by atoms with Crippen LogP contribution in [0.15, 0.2) is 52.3 Å². The largest absolute Gasteiger partial charge is 0.368 e. The van der Waals surface area contributed by atoms with Crippen molar-refractivity contribution in [2.45, 2.75) is 33.2 Å². The van der Waals surface area contributed by atoms with Crippen LogP contribution in [0, 0.1) is 12.7 Å². The average molecular weight is 538 g/mol. The monoisotopic (exact) mass is 537 g/mol. The third-order valence-corrected chi connectivity index (χ3v) is 8.30. The van der Waals surface area contributed by atoms with E-state index in [2.05, 4.69) is 9.80 Å². The number of aryl methyl sites for hydroxylation is 1. The Morgan fingerprint density at radius 1 is 1.11 bits per heavy atom. The molecule has 7 nitrogen and oxygen atoms in total. The lowest BCUT2D eigenvalue weighted by Crippen LogP contribution is -2.47. The summed E-state index contributed by atoms with van der Waals surface area (Å²) in [5, 5.41) is 0. The predicted molar refractivity (Wildman–Crippen MR) is 152 cm³/mol. The summed E-state index contributed by atoms with van der Waals surface area (Å²) in [6, 6.07) is 10.2. The lowest BCUT2D eigenvalue weighted by molar-refractivity contribution is -0.123. The number of halogens is 1. The van der Waals surface area contributed by atoms with E-state index >= 15 is 0 Å². The van der Waals surface area contributed by atoms with Gasteiger partial charge in [0.15, 0.2) is 0 Å². The number of piperazine rings is 1. The first-order valence-corrected chi connectivity index (χ1v) is 13.6. The number of rotatable bonds is 5. The van der Waals surface area contributed by atoms with Gasteiger partial charge in [0.2, 0.25) is 0 Å². The second-order valence-corrected chi connectivity index (χ2v) is 11.0. The lowest BCUT2D eigenvalue weighted by Gasteiger charge is -2.37. The van der Waals surface area contributed by atoms with Gasteiger partial charge in [0.05, 0.1) is 10.5 Å². The van der Waals surface area contributed by atoms with Crippen LogP contribution < -0.4 is 15.4 Å². The molecule has 0 bridgehead atoms. The van der Waals surface area contributed by atoms with Gasteiger partial charge in [-0.3, -0.25) is 18.9 Å². The van der Waals surface area contributed by atoms with E-state index in [9.17, 15) is 14.0 Å². The van der Waals surface area contributed by atoms with E-state index in [1.807, 2.05) is 32.9 Å². The molecule has 0 N–H and O–H groups in total. The van der Waals surface area contributed by atoms with Gasteiger partial charge in [-0.15, -0.1) is 0 Å². The van der Waals surface area contributed by atoms with E-state index in [1.165, 1.54) is 28.3 Å². The molecule has 37 heavy (non-hydrogen) atoms. The molecule has 4 heterocycles. The summed E-state index contributed by atoms with van der Waals surface area (Å²) < 4.78 is 15.4. The van der Waals surface area contributed by atoms with Gasteiger partial charge in [0.25, 0.3) is 11.5 Å². The minimum Gasteiger partial charge on any atom is -0.368 e. The van der Waals surface area contributed by atoms with Crippen LogP contribution in [0.25, 0.3) is 11.7 Å². The van der Waals surface area contributed by atoms with E-state index < -0.39 is 0 Å². The summed E-state index contributed by atoms with van der Waals surface area (Å²) in [7, 11) is 0. The third kappa shape index (κ3) is 4.75. The zero-order valence-corrected chi connectivity index (χ0v) is 22.6. The fourth-order valence-corrected chi connectivity index (χ4v) is 6.11. The number of pyridine rings is 1. The standard InChI is InChI=1S/C27H28FN5O2S2/c1-4-18(3)33-26(35)22(37-27(33)36)16-21-24(29-23-17(2)6-5-11-32(23)25(21)34)31-14-12-30(13-15-31)20-9-7-19(28)8-10-20/h5-11,16,18H,4,12-15H2,1-3H3/b22-16+/t18-/m1/s1. The van der Waals surface area contributed by atoms with E-state index in [-0.39, 0.29) is 23.3 Å². The van der Waals surface area contributed by atoms with Crippen LogP contribution in [0.1, 0.15) is 31.4 Å². The number of fused-ring (bicyclic) bond motifs is 1. The third-order valence-electron chi connectivity index (χ3n) is 6.97. The van der Waals surface area contributed by atoms with Crippen molar-refractivity contribution < 1.29 is 9.18 Å². The van der Waals surface area contributed by atoms with Crippen LogP contribution >= 0.6 is 24.0 Å². The van der Waals surface area contributed by atoms with Crippen molar-refractivity contribution >= 4 is 57.4 Å². The second kappa shape index (κ2) is 10.3. The molecule has 192 valence electrons. The Labute approximate surface area is 224 Å². The molecule has 1 atom stereocenters. The van der Waals surface area contributed by atoms with Gasteiger partial charge in [-0.2, -0.15) is 0 Å². The minimum atomic E-state index is -0.262. The number of thiocarbonyl (C=S) groups is 1. The zero-order chi connectivity index (χ0) is 26.3. The molecule has 0 unspecified atom stereocenters. The molecule has 0 radical (unpaired) electrons. The summed E-state index contributed by atoms with van der Waals surface area (Å²) in [4.78, 5) is 38.3. The van der Waals surface area contributed by atoms with Gasteiger partial charge < -0.3 is 9.80 Å². The molecule has 3 aromatic rings. The maximum absolute atomic E-state index is 13.7. The summed E-state index contributed by atoms with van der Waals surface area (Å²) >= 11 is 6.72. The van der Waals surface area contributed by atoms with Gasteiger partial charge >= 0.3 is 0 Å². The highest BCUT2D eigenvalue weighted by atomic mass is 32.2. The van der Waals surface area contributed by atoms with Gasteiger partial charge in [-0.25, -0.2) is 9.37 Å². The quantitative estimate of drug-likeness (QED) is 0.352. The molecule has 1 aromatic carbocycles. The van der Waals surface area contributed by atoms with E-state index in [1.54, 1.807) is 29.3 Å². The minimum absolute atomic E-state index is 0.0177. The Balaban J connectivity index is 1.54. The molecule has 2 saturated heterocycles. The number of nitrogens with zero attached hydrogens (tertiary/aromatic N) is 5. The van der Waals surface area contributed by atoms with Gasteiger partial charge in [-0.1, -0.05) is 37.0 Å². The lowest BCUT2D eigenvalue weighted by atomic mass is 10.2. The average Bonchev–Trinajstić information content (AvgIpc) is 3.18. The molecule has 5 rings (SSSR count). The molecule has 0 saturated carbocycles. The van der Waals surface area contributed by atoms with Crippen LogP contribution in [-0.2, 0) is 4.79 Å². The molecule has 10 heteroatoms. The smallest absolute Gasteiger partial charge is 0.267 e. The summed E-state index contributed by atoms with van der Waals surface area (Å²) in [6.07, 6.45) is 4.14. The highest BCUT2D eigenvalue weighted by Crippen LogP contribution is 2.35. The van der Waals surface area contributed by atoms with Crippen LogP contribution in [0.3, 0.4) is 0 Å². The molecule has 1 amide bonds. The number of anilines is 2. The number of thioether (sulfide) groups is 1. The Morgan fingerprint density at radius 2 is 1.78 bits per heavy atom. The van der Waals surface area contributed by atoms with E-state index in [0.29, 0.717) is 52.4 Å². The zero-order valence-electron chi connectivity index (χ0n) is 21.0. The maximum atomic E-state index is 13.7. The number of benzene rings is 1. The second-order valence-electron chi connectivity index (χ2n) is 9.30. The van der Waals surface area contributed by atoms with Gasteiger partial charge in [0, 0.05) is 44.1 Å². The number of aromatic nitrogens is 2. The molecule has 0 spiro atoms. The van der Waals surface area contributed by atoms with Crippen molar-refractivity contribution in [3.63, 3.8) is 0 Å². The van der Waals surface area contributed by atoms with Crippen molar-refractivity contribution in [3.8, 4) is 0 Å². The Hall–Kier alpha value is -3.24. The summed E-state index contributed by atoms with van der Waals surface area (Å²) in [5.41, 5.74) is 2.59. The molecule has 0 aliphatic carbocycles. The number of carbonyl (C=O) groups is 1. The Morgan fingerprint density at radius 3 is 2.46 bits per heavy atom. The topological polar surface area (TPSA) is 61.2 Å². The maximum Gasteiger partial charge on any atom is 0.267 e. The van der Waals surface area contributed by atoms with Crippen molar-refractivity contribution in [3.05, 3.63) is 74.8 Å². The summed E-state index contributed by atoms with van der Waals surface area (Å²) in [6.45, 7) is 8.54.